The minimum absolute atomic E-state index is 0. The fraction of sp³-hybridized carbons (Fsp3) is 0.182. The fourth-order valence-electron chi connectivity index (χ4n) is 2.77. The monoisotopic (exact) mass is 446 g/mol. The van der Waals surface area contributed by atoms with Gasteiger partial charge >= 0.3 is 28.4 Å². The van der Waals surface area contributed by atoms with Crippen LogP contribution in [0, 0.1) is 6.07 Å². The van der Waals surface area contributed by atoms with Gasteiger partial charge in [0.05, 0.1) is 0 Å². The zero-order valence-corrected chi connectivity index (χ0v) is 18.6. The third-order valence-electron chi connectivity index (χ3n) is 3.97. The first-order chi connectivity index (χ1) is 11.3. The predicted octanol–water partition coefficient (Wildman–Crippen LogP) is -0.440. The van der Waals surface area contributed by atoms with Crippen molar-refractivity contribution in [3.8, 4) is 11.1 Å². The number of hydrogen-bond donors (Lipinski definition) is 0. The molecule has 0 unspecified atom stereocenters. The smallest absolute Gasteiger partial charge is 0.0253 e. The first kappa shape index (κ1) is 24.1. The summed E-state index contributed by atoms with van der Waals surface area (Å²) in [4.78, 5) is 0. The topological polar surface area (TPSA) is 0 Å². The summed E-state index contributed by atoms with van der Waals surface area (Å²) in [6.07, 6.45) is 1.05. The van der Waals surface area contributed by atoms with Crippen LogP contribution >= 0.6 is 0 Å². The SMILES string of the molecule is CC(C)c1cc[cH-]c1.[CH2]=[Zr+2].[Cl-].[Cl-].[c-]1cccc2c1Cc1ccccc1-2. The Morgan fingerprint density at radius 1 is 1.00 bits per heavy atom. The average Bonchev–Trinajstić information content (AvgIpc) is 3.25. The Morgan fingerprint density at radius 2 is 1.68 bits per heavy atom. The minimum Gasteiger partial charge on any atom is -1.00 e. The van der Waals surface area contributed by atoms with Crippen molar-refractivity contribution in [3.63, 3.8) is 0 Å². The molecule has 0 saturated heterocycles. The van der Waals surface area contributed by atoms with Crippen molar-refractivity contribution in [2.75, 3.05) is 0 Å². The van der Waals surface area contributed by atoms with E-state index in [1.54, 1.807) is 0 Å². The molecule has 0 saturated carbocycles. The maximum absolute atomic E-state index is 3.34. The van der Waals surface area contributed by atoms with Crippen LogP contribution in [0.1, 0.15) is 36.5 Å². The van der Waals surface area contributed by atoms with E-state index in [4.69, 9.17) is 0 Å². The molecule has 1 aliphatic carbocycles. The Balaban J connectivity index is 0.000000423. The summed E-state index contributed by atoms with van der Waals surface area (Å²) in [5, 5.41) is 0. The maximum Gasteiger partial charge on any atom is -0.0253 e. The summed E-state index contributed by atoms with van der Waals surface area (Å²) in [6, 6.07) is 26.6. The molecule has 0 fully saturated rings. The summed E-state index contributed by atoms with van der Waals surface area (Å²) < 4.78 is 3.34. The van der Waals surface area contributed by atoms with Gasteiger partial charge in [-0.3, -0.25) is 0 Å². The van der Waals surface area contributed by atoms with Gasteiger partial charge in [-0.05, 0) is 6.42 Å². The van der Waals surface area contributed by atoms with Crippen LogP contribution in [0.15, 0.2) is 66.7 Å². The van der Waals surface area contributed by atoms with E-state index in [-0.39, 0.29) is 24.8 Å². The van der Waals surface area contributed by atoms with E-state index in [9.17, 15) is 0 Å². The maximum atomic E-state index is 3.34. The third kappa shape index (κ3) is 6.41. The van der Waals surface area contributed by atoms with Crippen LogP contribution in [0.3, 0.4) is 0 Å². The molecule has 130 valence electrons. The van der Waals surface area contributed by atoms with Crippen LogP contribution < -0.4 is 24.8 Å². The van der Waals surface area contributed by atoms with Crippen LogP contribution in [0.5, 0.6) is 0 Å². The number of rotatable bonds is 1. The zero-order valence-electron chi connectivity index (χ0n) is 14.6. The van der Waals surface area contributed by atoms with Crippen LogP contribution in [-0.4, -0.2) is 4.21 Å². The number of hydrogen-bond acceptors (Lipinski definition) is 0. The molecular weight excluding hydrogens is 426 g/mol. The Morgan fingerprint density at radius 3 is 2.28 bits per heavy atom. The van der Waals surface area contributed by atoms with Crippen molar-refractivity contribution >= 4 is 4.21 Å². The molecule has 0 atom stereocenters. The quantitative estimate of drug-likeness (QED) is 0.347. The Bertz CT molecular complexity index is 690. The molecule has 0 bridgehead atoms. The van der Waals surface area contributed by atoms with Gasteiger partial charge in [-0.1, -0.05) is 55.2 Å². The molecule has 0 aliphatic heterocycles. The van der Waals surface area contributed by atoms with Crippen LogP contribution in [-0.2, 0) is 30.7 Å². The first-order valence-electron chi connectivity index (χ1n) is 7.90. The third-order valence-corrected chi connectivity index (χ3v) is 3.97. The molecule has 4 rings (SSSR count). The molecule has 25 heavy (non-hydrogen) atoms. The van der Waals surface area contributed by atoms with Crippen LogP contribution in [0.25, 0.3) is 11.1 Å². The van der Waals surface area contributed by atoms with E-state index in [1.807, 2.05) is 6.07 Å². The number of benzene rings is 2. The van der Waals surface area contributed by atoms with Crippen molar-refractivity contribution in [1.29, 1.82) is 0 Å². The van der Waals surface area contributed by atoms with Gasteiger partial charge in [0.15, 0.2) is 0 Å². The average molecular weight is 449 g/mol. The standard InChI is InChI=1S/C13H9.C8H11.CH2.2ClH.Zr/c1-3-7-12-10(5-1)9-11-6-2-4-8-13(11)12;1-7(2)8-5-3-4-6-8;;;;/h1-5,7-8H,9H2;3-7H,1-2H3;1H2;2*1H;/q2*-1;;;;+2/p-2. The second kappa shape index (κ2) is 12.5. The molecule has 3 heteroatoms. The Hall–Kier alpha value is -0.877. The minimum atomic E-state index is 0. The largest absolute Gasteiger partial charge is 1.00 e. The molecule has 3 aromatic rings. The van der Waals surface area contributed by atoms with Crippen LogP contribution in [0.4, 0.5) is 0 Å². The fourth-order valence-corrected chi connectivity index (χ4v) is 2.77. The Kier molecular flexibility index (Phi) is 12.0. The van der Waals surface area contributed by atoms with Gasteiger partial charge in [-0.15, -0.1) is 5.56 Å². The van der Waals surface area contributed by atoms with Gasteiger partial charge in [0.25, 0.3) is 0 Å². The van der Waals surface area contributed by atoms with E-state index in [2.05, 4.69) is 84.8 Å². The summed E-state index contributed by atoms with van der Waals surface area (Å²) in [6.45, 7) is 4.41. The number of fused-ring (bicyclic) bond motifs is 3. The molecule has 0 amide bonds. The predicted molar refractivity (Wildman–Crippen MR) is 96.8 cm³/mol. The molecular formula is C22H22Cl2Zr-2. The van der Waals surface area contributed by atoms with E-state index in [0.717, 1.165) is 6.42 Å². The molecule has 0 aromatic heterocycles. The molecule has 0 radical (unpaired) electrons. The summed E-state index contributed by atoms with van der Waals surface area (Å²) >= 11 is 1.30. The summed E-state index contributed by atoms with van der Waals surface area (Å²) in [7, 11) is 0. The van der Waals surface area contributed by atoms with Crippen molar-refractivity contribution < 1.29 is 49.0 Å². The summed E-state index contributed by atoms with van der Waals surface area (Å²) in [5.41, 5.74) is 6.95. The van der Waals surface area contributed by atoms with Gasteiger partial charge in [0, 0.05) is 0 Å². The van der Waals surface area contributed by atoms with E-state index in [0.29, 0.717) is 5.92 Å². The molecule has 1 aliphatic rings. The van der Waals surface area contributed by atoms with E-state index < -0.39 is 0 Å². The Labute approximate surface area is 179 Å². The first-order valence-corrected chi connectivity index (χ1v) is 9.64. The van der Waals surface area contributed by atoms with Crippen LogP contribution in [0.2, 0.25) is 0 Å². The van der Waals surface area contributed by atoms with Crippen molar-refractivity contribution in [1.82, 2.24) is 0 Å². The molecule has 3 aromatic carbocycles. The number of halogens is 2. The van der Waals surface area contributed by atoms with Crippen molar-refractivity contribution in [3.05, 3.63) is 89.5 Å². The second-order valence-corrected chi connectivity index (χ2v) is 5.77. The molecule has 0 nitrogen and oxygen atoms in total. The molecule has 0 spiro atoms. The van der Waals surface area contributed by atoms with Gasteiger partial charge in [-0.25, -0.2) is 6.07 Å². The van der Waals surface area contributed by atoms with Gasteiger partial charge in [0.1, 0.15) is 0 Å². The van der Waals surface area contributed by atoms with Gasteiger partial charge < -0.3 is 24.8 Å². The van der Waals surface area contributed by atoms with Gasteiger partial charge in [-0.2, -0.15) is 53.6 Å². The van der Waals surface area contributed by atoms with E-state index >= 15 is 0 Å². The van der Waals surface area contributed by atoms with Gasteiger partial charge in [0.2, 0.25) is 0 Å². The molecule has 0 N–H and O–H groups in total. The van der Waals surface area contributed by atoms with Crippen molar-refractivity contribution in [2.45, 2.75) is 26.2 Å². The summed E-state index contributed by atoms with van der Waals surface area (Å²) in [5.74, 6) is 0.685. The van der Waals surface area contributed by atoms with Crippen molar-refractivity contribution in [2.24, 2.45) is 0 Å². The normalized spacial score (nSPS) is 9.96. The second-order valence-electron chi connectivity index (χ2n) is 5.77. The zero-order chi connectivity index (χ0) is 16.7. The van der Waals surface area contributed by atoms with E-state index in [1.165, 1.54) is 52.1 Å². The molecule has 0 heterocycles.